The van der Waals surface area contributed by atoms with E-state index in [1.165, 1.54) is 0 Å². The lowest BCUT2D eigenvalue weighted by atomic mass is 9.98. The standard InChI is InChI=1S/C27H28O6S/c1-18-12-14-21(15-13-18)34(29)27-25(30-16-19-8-4-2-5-9-19)23(28)24-22(32-27)17-31-26(33-24)20-10-6-3-7-11-20/h2-15,22-28H,16-17H2,1H3/t22-,23+,24+,25-,26+,27+,34?/m1/s1. The molecule has 0 aromatic heterocycles. The van der Waals surface area contributed by atoms with Gasteiger partial charge in [-0.15, -0.1) is 0 Å². The van der Waals surface area contributed by atoms with Crippen LogP contribution in [-0.4, -0.2) is 45.8 Å². The van der Waals surface area contributed by atoms with Crippen LogP contribution in [0.4, 0.5) is 0 Å². The van der Waals surface area contributed by atoms with Gasteiger partial charge in [0.15, 0.2) is 11.7 Å². The monoisotopic (exact) mass is 480 g/mol. The molecule has 3 aromatic carbocycles. The van der Waals surface area contributed by atoms with Gasteiger partial charge in [-0.3, -0.25) is 4.21 Å². The van der Waals surface area contributed by atoms with Crippen LogP contribution in [0.3, 0.4) is 0 Å². The van der Waals surface area contributed by atoms with Crippen molar-refractivity contribution in [2.75, 3.05) is 6.61 Å². The van der Waals surface area contributed by atoms with Crippen molar-refractivity contribution < 1.29 is 28.3 Å². The van der Waals surface area contributed by atoms with Gasteiger partial charge < -0.3 is 24.1 Å². The van der Waals surface area contributed by atoms with Gasteiger partial charge >= 0.3 is 0 Å². The fraction of sp³-hybridized carbons (Fsp3) is 0.333. The van der Waals surface area contributed by atoms with Crippen molar-refractivity contribution in [1.29, 1.82) is 0 Å². The first-order chi connectivity index (χ1) is 16.6. The second-order valence-electron chi connectivity index (χ2n) is 8.58. The van der Waals surface area contributed by atoms with Crippen molar-refractivity contribution in [1.82, 2.24) is 0 Å². The number of aryl methyl sites for hydroxylation is 1. The maximum absolute atomic E-state index is 13.6. The maximum Gasteiger partial charge on any atom is 0.184 e. The third kappa shape index (κ3) is 5.00. The molecule has 7 atom stereocenters. The summed E-state index contributed by atoms with van der Waals surface area (Å²) in [7, 11) is -1.56. The number of rotatable bonds is 6. The van der Waals surface area contributed by atoms with Gasteiger partial charge in [0.2, 0.25) is 0 Å². The molecule has 0 spiro atoms. The van der Waals surface area contributed by atoms with Crippen molar-refractivity contribution in [2.45, 2.75) is 54.6 Å². The molecule has 1 unspecified atom stereocenters. The molecular weight excluding hydrogens is 452 g/mol. The van der Waals surface area contributed by atoms with E-state index >= 15 is 0 Å². The topological polar surface area (TPSA) is 74.2 Å². The van der Waals surface area contributed by atoms with E-state index in [-0.39, 0.29) is 13.2 Å². The molecule has 2 aliphatic heterocycles. The van der Waals surface area contributed by atoms with E-state index in [1.807, 2.05) is 91.9 Å². The Balaban J connectivity index is 1.39. The maximum atomic E-state index is 13.6. The smallest absolute Gasteiger partial charge is 0.184 e. The number of ether oxygens (including phenoxy) is 4. The number of hydrogen-bond acceptors (Lipinski definition) is 6. The van der Waals surface area contributed by atoms with Gasteiger partial charge in [0.1, 0.15) is 24.4 Å². The van der Waals surface area contributed by atoms with Crippen LogP contribution in [0.2, 0.25) is 0 Å². The molecule has 0 saturated carbocycles. The van der Waals surface area contributed by atoms with Crippen molar-refractivity contribution >= 4 is 10.8 Å². The van der Waals surface area contributed by atoms with Crippen LogP contribution in [0, 0.1) is 6.92 Å². The average molecular weight is 481 g/mol. The van der Waals surface area contributed by atoms with Gasteiger partial charge in [0.05, 0.1) is 24.0 Å². The molecule has 5 rings (SSSR count). The van der Waals surface area contributed by atoms with Gasteiger partial charge in [-0.1, -0.05) is 78.4 Å². The lowest BCUT2D eigenvalue weighted by Gasteiger charge is -2.47. The van der Waals surface area contributed by atoms with Gasteiger partial charge in [-0.25, -0.2) is 0 Å². The predicted molar refractivity (Wildman–Crippen MR) is 127 cm³/mol. The molecule has 2 fully saturated rings. The Labute approximate surface area is 201 Å². The molecule has 2 aliphatic rings. The lowest BCUT2D eigenvalue weighted by molar-refractivity contribution is -0.323. The Morgan fingerprint density at radius 2 is 1.62 bits per heavy atom. The summed E-state index contributed by atoms with van der Waals surface area (Å²) in [6, 6.07) is 26.7. The minimum atomic E-state index is -1.56. The van der Waals surface area contributed by atoms with Crippen LogP contribution >= 0.6 is 0 Å². The summed E-state index contributed by atoms with van der Waals surface area (Å²) < 4.78 is 38.0. The average Bonchev–Trinajstić information content (AvgIpc) is 2.89. The van der Waals surface area contributed by atoms with E-state index in [1.54, 1.807) is 0 Å². The second-order valence-corrected chi connectivity index (χ2v) is 10.1. The number of aliphatic hydroxyl groups is 1. The Hall–Kier alpha value is -2.39. The Bertz CT molecular complexity index is 1090. The molecule has 7 heteroatoms. The quantitative estimate of drug-likeness (QED) is 0.577. The van der Waals surface area contributed by atoms with E-state index in [0.717, 1.165) is 16.7 Å². The summed E-state index contributed by atoms with van der Waals surface area (Å²) in [6.07, 6.45) is -3.75. The molecule has 1 N–H and O–H groups in total. The summed E-state index contributed by atoms with van der Waals surface area (Å²) in [4.78, 5) is 0.620. The van der Waals surface area contributed by atoms with E-state index in [0.29, 0.717) is 4.90 Å². The van der Waals surface area contributed by atoms with Crippen molar-refractivity contribution in [3.8, 4) is 0 Å². The fourth-order valence-corrected chi connectivity index (χ4v) is 5.67. The van der Waals surface area contributed by atoms with Crippen molar-refractivity contribution in [3.63, 3.8) is 0 Å². The highest BCUT2D eigenvalue weighted by Crippen LogP contribution is 2.37. The van der Waals surface area contributed by atoms with Crippen LogP contribution < -0.4 is 0 Å². The minimum Gasteiger partial charge on any atom is -0.387 e. The zero-order valence-corrected chi connectivity index (χ0v) is 19.7. The molecule has 0 aliphatic carbocycles. The van der Waals surface area contributed by atoms with Crippen molar-refractivity contribution in [2.24, 2.45) is 0 Å². The summed E-state index contributed by atoms with van der Waals surface area (Å²) in [5.41, 5.74) is 2.01. The summed E-state index contributed by atoms with van der Waals surface area (Å²) in [5.74, 6) is 0. The van der Waals surface area contributed by atoms with Crippen molar-refractivity contribution in [3.05, 3.63) is 102 Å². The third-order valence-electron chi connectivity index (χ3n) is 6.13. The van der Waals surface area contributed by atoms with Crippen LogP contribution in [0.25, 0.3) is 0 Å². The normalized spacial score (nSPS) is 29.8. The van der Waals surface area contributed by atoms with Crippen LogP contribution in [0.15, 0.2) is 89.8 Å². The van der Waals surface area contributed by atoms with Crippen LogP contribution in [0.5, 0.6) is 0 Å². The zero-order valence-electron chi connectivity index (χ0n) is 18.9. The number of aliphatic hydroxyl groups excluding tert-OH is 1. The summed E-state index contributed by atoms with van der Waals surface area (Å²) in [5, 5.41) is 11.4. The Morgan fingerprint density at radius 3 is 2.32 bits per heavy atom. The number of fused-ring (bicyclic) bond motifs is 1. The molecule has 2 saturated heterocycles. The Morgan fingerprint density at radius 1 is 0.941 bits per heavy atom. The SMILES string of the molecule is Cc1ccc(S(=O)[C@@H]2O[C@@H]3CO[C@H](c4ccccc4)O[C@@H]3[C@H](O)[C@H]2OCc2ccccc2)cc1. The van der Waals surface area contributed by atoms with E-state index < -0.39 is 46.9 Å². The van der Waals surface area contributed by atoms with Crippen LogP contribution in [-0.2, 0) is 36.4 Å². The Kier molecular flexibility index (Phi) is 7.20. The first-order valence-electron chi connectivity index (χ1n) is 11.4. The highest BCUT2D eigenvalue weighted by Gasteiger charge is 2.51. The molecule has 6 nitrogen and oxygen atoms in total. The highest BCUT2D eigenvalue weighted by molar-refractivity contribution is 7.85. The van der Waals surface area contributed by atoms with Crippen LogP contribution in [0.1, 0.15) is 23.0 Å². The molecule has 34 heavy (non-hydrogen) atoms. The summed E-state index contributed by atoms with van der Waals surface area (Å²) in [6.45, 7) is 2.45. The molecule has 178 valence electrons. The van der Waals surface area contributed by atoms with Gasteiger partial charge in [-0.2, -0.15) is 0 Å². The highest BCUT2D eigenvalue weighted by atomic mass is 32.2. The first kappa shape index (κ1) is 23.4. The van der Waals surface area contributed by atoms with E-state index in [2.05, 4.69) is 0 Å². The zero-order chi connectivity index (χ0) is 23.5. The molecule has 0 radical (unpaired) electrons. The minimum absolute atomic E-state index is 0.217. The number of hydrogen-bond donors (Lipinski definition) is 1. The second kappa shape index (κ2) is 10.5. The molecular formula is C27H28O6S. The molecule has 2 heterocycles. The lowest BCUT2D eigenvalue weighted by Crippen LogP contribution is -2.63. The third-order valence-corrected chi connectivity index (χ3v) is 7.67. The molecule has 3 aromatic rings. The fourth-order valence-electron chi connectivity index (χ4n) is 4.27. The molecule has 0 bridgehead atoms. The largest absolute Gasteiger partial charge is 0.387 e. The first-order valence-corrected chi connectivity index (χ1v) is 12.6. The molecule has 0 amide bonds. The van der Waals surface area contributed by atoms with Gasteiger partial charge in [-0.05, 0) is 24.6 Å². The van der Waals surface area contributed by atoms with E-state index in [4.69, 9.17) is 18.9 Å². The van der Waals surface area contributed by atoms with Gasteiger partial charge in [0, 0.05) is 10.5 Å². The van der Waals surface area contributed by atoms with Gasteiger partial charge in [0.25, 0.3) is 0 Å². The summed E-state index contributed by atoms with van der Waals surface area (Å²) >= 11 is 0. The predicted octanol–water partition coefficient (Wildman–Crippen LogP) is 3.89. The van der Waals surface area contributed by atoms with E-state index in [9.17, 15) is 9.32 Å². The number of benzene rings is 3.